The third kappa shape index (κ3) is 11.1. The summed E-state index contributed by atoms with van der Waals surface area (Å²) in [5.74, 6) is -0.219. The molecule has 0 saturated heterocycles. The predicted octanol–water partition coefficient (Wildman–Crippen LogP) is 5.25. The summed E-state index contributed by atoms with van der Waals surface area (Å²) in [7, 11) is -3.78. The molecule has 4 atom stereocenters. The normalized spacial score (nSPS) is 16.9. The SMILES string of the molecule is O=C(CCS(=O)(=O)c1ccccc1)N(CCCCc1cc(Cl)c(COC2(c3cnccc3-c3ccccc3OC3CC3)CC2)cc1Cl)CC(O)C(O)C(O)C(O)CO. The molecular weight excluding hydrogens is 807 g/mol. The molecule has 2 aliphatic rings. The van der Waals surface area contributed by atoms with Crippen LogP contribution in [0.3, 0.4) is 0 Å². The Balaban J connectivity index is 1.07. The summed E-state index contributed by atoms with van der Waals surface area (Å²) in [6.45, 7) is -1.00. The van der Waals surface area contributed by atoms with E-state index in [1.54, 1.807) is 36.5 Å². The fourth-order valence-corrected chi connectivity index (χ4v) is 8.63. The summed E-state index contributed by atoms with van der Waals surface area (Å²) in [5.41, 5.74) is 3.99. The zero-order valence-electron chi connectivity index (χ0n) is 32.0. The molecule has 15 heteroatoms. The Morgan fingerprint density at radius 2 is 1.55 bits per heavy atom. The molecule has 58 heavy (non-hydrogen) atoms. The first-order valence-corrected chi connectivity index (χ1v) is 21.9. The lowest BCUT2D eigenvalue weighted by molar-refractivity contribution is -0.139. The van der Waals surface area contributed by atoms with Gasteiger partial charge in [-0.05, 0) is 98.0 Å². The van der Waals surface area contributed by atoms with E-state index in [9.17, 15) is 33.6 Å². The van der Waals surface area contributed by atoms with E-state index in [4.69, 9.17) is 37.8 Å². The fraction of sp³-hybridized carbons (Fsp3) is 0.442. The van der Waals surface area contributed by atoms with E-state index in [-0.39, 0.29) is 24.2 Å². The molecule has 0 radical (unpaired) electrons. The first kappa shape index (κ1) is 43.9. The highest BCUT2D eigenvalue weighted by atomic mass is 35.5. The first-order chi connectivity index (χ1) is 27.8. The number of benzene rings is 3. The molecule has 4 unspecified atom stereocenters. The summed E-state index contributed by atoms with van der Waals surface area (Å²) < 4.78 is 38.6. The number of nitrogens with zero attached hydrogens (tertiary/aromatic N) is 2. The fourth-order valence-electron chi connectivity index (χ4n) is 6.86. The summed E-state index contributed by atoms with van der Waals surface area (Å²) in [6, 6.07) is 21.4. The van der Waals surface area contributed by atoms with Crippen molar-refractivity contribution in [1.29, 1.82) is 0 Å². The van der Waals surface area contributed by atoms with Gasteiger partial charge in [0.05, 0.1) is 35.6 Å². The molecule has 1 aromatic heterocycles. The molecule has 5 N–H and O–H groups in total. The summed E-state index contributed by atoms with van der Waals surface area (Å²) in [4.78, 5) is 19.1. The Kier molecular flexibility index (Phi) is 14.9. The van der Waals surface area contributed by atoms with Gasteiger partial charge >= 0.3 is 0 Å². The maximum Gasteiger partial charge on any atom is 0.223 e. The Morgan fingerprint density at radius 3 is 2.26 bits per heavy atom. The Morgan fingerprint density at radius 1 is 0.879 bits per heavy atom. The van der Waals surface area contributed by atoms with Crippen molar-refractivity contribution in [2.45, 2.75) is 99.0 Å². The topological polar surface area (TPSA) is 187 Å². The lowest BCUT2D eigenvalue weighted by atomic mass is 9.96. The molecule has 0 spiro atoms. The van der Waals surface area contributed by atoms with Crippen LogP contribution < -0.4 is 4.74 Å². The van der Waals surface area contributed by atoms with Crippen molar-refractivity contribution >= 4 is 38.9 Å². The average Bonchev–Trinajstić information content (AvgIpc) is 4.19. The van der Waals surface area contributed by atoms with Crippen LogP contribution >= 0.6 is 23.2 Å². The van der Waals surface area contributed by atoms with E-state index < -0.39 is 71.1 Å². The van der Waals surface area contributed by atoms with Crippen LogP contribution in [0.4, 0.5) is 0 Å². The van der Waals surface area contributed by atoms with Crippen molar-refractivity contribution in [3.63, 3.8) is 0 Å². The van der Waals surface area contributed by atoms with Gasteiger partial charge in [0.25, 0.3) is 0 Å². The minimum Gasteiger partial charge on any atom is -0.490 e. The monoisotopic (exact) mass is 856 g/mol. The Bertz CT molecular complexity index is 2120. The van der Waals surface area contributed by atoms with Gasteiger partial charge < -0.3 is 39.9 Å². The summed E-state index contributed by atoms with van der Waals surface area (Å²) >= 11 is 13.6. The van der Waals surface area contributed by atoms with Gasteiger partial charge in [0, 0.05) is 53.1 Å². The zero-order valence-corrected chi connectivity index (χ0v) is 34.3. The van der Waals surface area contributed by atoms with E-state index in [1.807, 2.05) is 30.5 Å². The van der Waals surface area contributed by atoms with Crippen LogP contribution in [0.25, 0.3) is 11.1 Å². The minimum atomic E-state index is -3.78. The average molecular weight is 858 g/mol. The number of unbranched alkanes of at least 4 members (excludes halogenated alkanes) is 1. The molecule has 2 aliphatic carbocycles. The molecule has 4 aromatic rings. The molecular formula is C43H50Cl2N2O10S. The van der Waals surface area contributed by atoms with Gasteiger partial charge in [-0.2, -0.15) is 0 Å². The van der Waals surface area contributed by atoms with E-state index in [2.05, 4.69) is 11.1 Å². The molecule has 3 aromatic carbocycles. The molecule has 312 valence electrons. The zero-order chi connectivity index (χ0) is 41.5. The van der Waals surface area contributed by atoms with Gasteiger partial charge in [-0.15, -0.1) is 0 Å². The Labute approximate surface area is 348 Å². The number of aromatic nitrogens is 1. The number of aliphatic hydroxyl groups is 5. The molecule has 6 rings (SSSR count). The molecule has 12 nitrogen and oxygen atoms in total. The number of amides is 1. The molecule has 1 amide bonds. The van der Waals surface area contributed by atoms with Crippen LogP contribution in [0.15, 0.2) is 90.1 Å². The quantitative estimate of drug-likeness (QED) is 0.0650. The van der Waals surface area contributed by atoms with Crippen LogP contribution in [-0.4, -0.2) is 106 Å². The number of rotatable bonds is 22. The number of para-hydroxylation sites is 1. The van der Waals surface area contributed by atoms with Crippen LogP contribution in [0.5, 0.6) is 5.75 Å². The number of carbonyl (C=O) groups excluding carboxylic acids is 1. The van der Waals surface area contributed by atoms with Gasteiger partial charge in [0.1, 0.15) is 30.2 Å². The summed E-state index contributed by atoms with van der Waals surface area (Å²) in [5, 5.41) is 51.1. The third-order valence-corrected chi connectivity index (χ3v) is 13.1. The number of aliphatic hydroxyl groups excluding tert-OH is 5. The van der Waals surface area contributed by atoms with Crippen molar-refractivity contribution < 1.29 is 48.2 Å². The first-order valence-electron chi connectivity index (χ1n) is 19.5. The standard InChI is InChI=1S/C43H50Cl2N2O10S/c44-35-23-29(27-56-43(17-18-43)34-24-46-19-15-32(34)33-11-4-5-12-39(33)57-30-13-14-30)36(45)22-28(35)8-6-7-20-47(25-37(49)41(52)42(53)38(50)26-48)40(51)16-21-58(54,55)31-9-2-1-3-10-31/h1-5,9-12,15,19,22-24,30,37-38,41-42,48-50,52-53H,6-8,13-14,16-18,20-21,25-27H2. The number of halogens is 2. The van der Waals surface area contributed by atoms with Gasteiger partial charge in [0.15, 0.2) is 9.84 Å². The number of ether oxygens (including phenoxy) is 2. The van der Waals surface area contributed by atoms with E-state index in [1.165, 1.54) is 17.0 Å². The number of pyridine rings is 1. The highest BCUT2D eigenvalue weighted by molar-refractivity contribution is 7.91. The lowest BCUT2D eigenvalue weighted by Crippen LogP contribution is -2.50. The minimum absolute atomic E-state index is 0.0739. The lowest BCUT2D eigenvalue weighted by Gasteiger charge is -2.30. The van der Waals surface area contributed by atoms with E-state index >= 15 is 0 Å². The highest BCUT2D eigenvalue weighted by Gasteiger charge is 2.48. The number of sulfone groups is 1. The van der Waals surface area contributed by atoms with Gasteiger partial charge in [-0.25, -0.2) is 8.42 Å². The van der Waals surface area contributed by atoms with Gasteiger partial charge in [0.2, 0.25) is 5.91 Å². The van der Waals surface area contributed by atoms with Crippen LogP contribution in [-0.2, 0) is 38.0 Å². The molecule has 0 bridgehead atoms. The predicted molar refractivity (Wildman–Crippen MR) is 219 cm³/mol. The summed E-state index contributed by atoms with van der Waals surface area (Å²) in [6.07, 6.45) is 1.50. The molecule has 0 aliphatic heterocycles. The van der Waals surface area contributed by atoms with Crippen LogP contribution in [0, 0.1) is 0 Å². The second-order valence-corrected chi connectivity index (χ2v) is 18.0. The second kappa shape index (κ2) is 19.6. The number of hydrogen-bond donors (Lipinski definition) is 5. The van der Waals surface area contributed by atoms with Crippen molar-refractivity contribution in [2.75, 3.05) is 25.4 Å². The van der Waals surface area contributed by atoms with Gasteiger partial charge in [-0.3, -0.25) is 9.78 Å². The van der Waals surface area contributed by atoms with E-state index in [0.29, 0.717) is 29.3 Å². The Hall–Kier alpha value is -3.63. The van der Waals surface area contributed by atoms with Crippen molar-refractivity contribution in [3.05, 3.63) is 112 Å². The number of hydrogen-bond acceptors (Lipinski definition) is 11. The van der Waals surface area contributed by atoms with E-state index in [0.717, 1.165) is 59.3 Å². The molecule has 2 saturated carbocycles. The largest absolute Gasteiger partial charge is 0.490 e. The molecule has 1 heterocycles. The van der Waals surface area contributed by atoms with Crippen LogP contribution in [0.1, 0.15) is 61.6 Å². The van der Waals surface area contributed by atoms with Crippen molar-refractivity contribution in [1.82, 2.24) is 9.88 Å². The number of carbonyl (C=O) groups is 1. The van der Waals surface area contributed by atoms with Gasteiger partial charge in [-0.1, -0.05) is 59.6 Å². The highest BCUT2D eigenvalue weighted by Crippen LogP contribution is 2.53. The van der Waals surface area contributed by atoms with Crippen LogP contribution in [0.2, 0.25) is 10.0 Å². The number of aryl methyl sites for hydroxylation is 1. The third-order valence-electron chi connectivity index (χ3n) is 10.6. The maximum atomic E-state index is 13.4. The second-order valence-electron chi connectivity index (χ2n) is 15.0. The van der Waals surface area contributed by atoms with Crippen molar-refractivity contribution in [2.24, 2.45) is 0 Å². The smallest absolute Gasteiger partial charge is 0.223 e. The maximum absolute atomic E-state index is 13.4. The van der Waals surface area contributed by atoms with Crippen molar-refractivity contribution in [3.8, 4) is 16.9 Å². The molecule has 2 fully saturated rings.